The van der Waals surface area contributed by atoms with Crippen LogP contribution in [0.15, 0.2) is 71.8 Å². The largest absolute Gasteiger partial charge is 0.300 e. The molecule has 28 heavy (non-hydrogen) atoms. The van der Waals surface area contributed by atoms with Gasteiger partial charge in [-0.25, -0.2) is 0 Å². The molecule has 5 rings (SSSR count). The lowest BCUT2D eigenvalue weighted by Crippen LogP contribution is -2.19. The van der Waals surface area contributed by atoms with Crippen molar-refractivity contribution in [1.82, 2.24) is 24.8 Å². The van der Waals surface area contributed by atoms with E-state index in [9.17, 15) is 4.79 Å². The Balaban J connectivity index is 1.73. The van der Waals surface area contributed by atoms with Crippen LogP contribution < -0.4 is 16.4 Å². The van der Waals surface area contributed by atoms with Gasteiger partial charge in [0.25, 0.3) is 11.3 Å². The number of fused-ring (bicyclic) bond motifs is 2. The van der Waals surface area contributed by atoms with E-state index in [4.69, 9.17) is 0 Å². The van der Waals surface area contributed by atoms with Gasteiger partial charge in [0.2, 0.25) is 0 Å². The van der Waals surface area contributed by atoms with Gasteiger partial charge < -0.3 is 5.43 Å². The smallest absolute Gasteiger partial charge is 0.285 e. The van der Waals surface area contributed by atoms with Gasteiger partial charge in [-0.1, -0.05) is 59.9 Å². The van der Waals surface area contributed by atoms with E-state index in [1.807, 2.05) is 60.7 Å². The lowest BCUT2D eigenvalue weighted by Gasteiger charge is -2.10. The van der Waals surface area contributed by atoms with Crippen LogP contribution >= 0.6 is 11.3 Å². The number of aromatic nitrogens is 5. The Labute approximate surface area is 162 Å². The molecule has 136 valence electrons. The maximum Gasteiger partial charge on any atom is 0.285 e. The summed E-state index contributed by atoms with van der Waals surface area (Å²) in [6.45, 7) is 0. The first-order valence-electron chi connectivity index (χ1n) is 8.47. The van der Waals surface area contributed by atoms with Gasteiger partial charge >= 0.3 is 0 Å². The zero-order valence-corrected chi connectivity index (χ0v) is 15.2. The number of rotatable bonds is 4. The number of benzene rings is 2. The Morgan fingerprint density at radius 1 is 0.929 bits per heavy atom. The number of nitrogens with one attached hydrogen (secondary N) is 2. The Morgan fingerprint density at radius 2 is 1.68 bits per heavy atom. The lowest BCUT2D eigenvalue weighted by atomic mass is 10.1. The summed E-state index contributed by atoms with van der Waals surface area (Å²) in [5, 5.41) is 12.9. The van der Waals surface area contributed by atoms with Crippen molar-refractivity contribution in [1.29, 1.82) is 0 Å². The van der Waals surface area contributed by atoms with Crippen molar-refractivity contribution in [2.75, 3.05) is 10.9 Å². The van der Waals surface area contributed by atoms with E-state index in [0.29, 0.717) is 10.2 Å². The summed E-state index contributed by atoms with van der Waals surface area (Å²) in [5.74, 6) is 0.170. The lowest BCUT2D eigenvalue weighted by molar-refractivity contribution is 0.790. The molecule has 2 N–H and O–H groups in total. The van der Waals surface area contributed by atoms with Crippen molar-refractivity contribution in [3.8, 4) is 11.1 Å². The number of anilines is 2. The van der Waals surface area contributed by atoms with Gasteiger partial charge in [-0.2, -0.15) is 9.50 Å². The third-order valence-electron chi connectivity index (χ3n) is 4.21. The van der Waals surface area contributed by atoms with Gasteiger partial charge in [0.05, 0.1) is 11.1 Å². The molecule has 0 radical (unpaired) electrons. The van der Waals surface area contributed by atoms with Crippen molar-refractivity contribution >= 4 is 38.0 Å². The van der Waals surface area contributed by atoms with Crippen LogP contribution in [0.2, 0.25) is 0 Å². The van der Waals surface area contributed by atoms with Crippen LogP contribution in [0.25, 0.3) is 27.1 Å². The molecule has 2 aromatic carbocycles. The molecule has 0 atom stereocenters. The van der Waals surface area contributed by atoms with E-state index in [1.54, 1.807) is 0 Å². The molecule has 3 heterocycles. The predicted molar refractivity (Wildman–Crippen MR) is 109 cm³/mol. The average molecular weight is 387 g/mol. The summed E-state index contributed by atoms with van der Waals surface area (Å²) in [4.78, 5) is 18.2. The molecular formula is C19H13N7OS. The third-order valence-corrected chi connectivity index (χ3v) is 5.21. The van der Waals surface area contributed by atoms with E-state index in [1.165, 1.54) is 22.2 Å². The minimum absolute atomic E-state index is 0.170. The molecular weight excluding hydrogens is 374 g/mol. The van der Waals surface area contributed by atoms with Crippen molar-refractivity contribution in [3.63, 3.8) is 0 Å². The second kappa shape index (κ2) is 6.71. The highest BCUT2D eigenvalue weighted by atomic mass is 32.1. The summed E-state index contributed by atoms with van der Waals surface area (Å²) in [7, 11) is 0. The van der Waals surface area contributed by atoms with Gasteiger partial charge in [0.1, 0.15) is 9.83 Å². The van der Waals surface area contributed by atoms with Gasteiger partial charge in [0.15, 0.2) is 6.33 Å². The number of hydrogen-bond donors (Lipinski definition) is 2. The molecule has 3 aromatic heterocycles. The summed E-state index contributed by atoms with van der Waals surface area (Å²) < 4.78 is 1.17. The van der Waals surface area contributed by atoms with Gasteiger partial charge in [-0.05, 0) is 17.7 Å². The van der Waals surface area contributed by atoms with E-state index in [2.05, 4.69) is 31.1 Å². The molecule has 8 nitrogen and oxygen atoms in total. The zero-order chi connectivity index (χ0) is 18.9. The summed E-state index contributed by atoms with van der Waals surface area (Å²) in [6, 6.07) is 19.5. The first kappa shape index (κ1) is 16.3. The fourth-order valence-corrected chi connectivity index (χ4v) is 4.01. The van der Waals surface area contributed by atoms with Crippen LogP contribution in [0.1, 0.15) is 0 Å². The number of thiophene rings is 1. The fourth-order valence-electron chi connectivity index (χ4n) is 2.97. The molecule has 0 aliphatic heterocycles. The van der Waals surface area contributed by atoms with E-state index < -0.39 is 0 Å². The summed E-state index contributed by atoms with van der Waals surface area (Å²) in [6.07, 6.45) is 1.23. The second-order valence-electron chi connectivity index (χ2n) is 5.94. The van der Waals surface area contributed by atoms with Crippen LogP contribution in [0, 0.1) is 0 Å². The van der Waals surface area contributed by atoms with Crippen LogP contribution in [0.3, 0.4) is 0 Å². The Hall–Kier alpha value is -3.85. The SMILES string of the molecule is O=c1c2c(-c3ccccc3)c(NNc3ccccc3)sc2nc2nncnn12. The van der Waals surface area contributed by atoms with Crippen LogP contribution in [-0.4, -0.2) is 24.8 Å². The molecule has 0 saturated heterocycles. The molecule has 0 bridgehead atoms. The molecule has 0 spiro atoms. The normalized spacial score (nSPS) is 11.0. The zero-order valence-electron chi connectivity index (χ0n) is 14.4. The highest BCUT2D eigenvalue weighted by Crippen LogP contribution is 2.40. The van der Waals surface area contributed by atoms with Crippen LogP contribution in [0.4, 0.5) is 10.7 Å². The topological polar surface area (TPSA) is 97.1 Å². The van der Waals surface area contributed by atoms with Crippen molar-refractivity contribution < 1.29 is 0 Å². The van der Waals surface area contributed by atoms with Crippen molar-refractivity contribution in [2.24, 2.45) is 0 Å². The Kier molecular flexibility index (Phi) is 3.91. The van der Waals surface area contributed by atoms with Crippen molar-refractivity contribution in [2.45, 2.75) is 0 Å². The van der Waals surface area contributed by atoms with Crippen LogP contribution in [0.5, 0.6) is 0 Å². The Morgan fingerprint density at radius 3 is 2.46 bits per heavy atom. The minimum Gasteiger partial charge on any atom is -0.300 e. The van der Waals surface area contributed by atoms with Gasteiger partial charge in [-0.3, -0.25) is 10.2 Å². The molecule has 9 heteroatoms. The van der Waals surface area contributed by atoms with Gasteiger partial charge in [0, 0.05) is 5.56 Å². The minimum atomic E-state index is -0.280. The highest BCUT2D eigenvalue weighted by molar-refractivity contribution is 7.23. The van der Waals surface area contributed by atoms with Crippen molar-refractivity contribution in [3.05, 3.63) is 77.3 Å². The fraction of sp³-hybridized carbons (Fsp3) is 0. The molecule has 5 aromatic rings. The maximum absolute atomic E-state index is 13.1. The summed E-state index contributed by atoms with van der Waals surface area (Å²) >= 11 is 1.37. The van der Waals surface area contributed by atoms with Crippen LogP contribution in [-0.2, 0) is 0 Å². The maximum atomic E-state index is 13.1. The number of hydrogen-bond acceptors (Lipinski definition) is 8. The number of para-hydroxylation sites is 1. The van der Waals surface area contributed by atoms with E-state index in [0.717, 1.165) is 21.8 Å². The quantitative estimate of drug-likeness (QED) is 0.457. The summed E-state index contributed by atoms with van der Waals surface area (Å²) in [5.41, 5.74) is 8.70. The molecule has 0 unspecified atom stereocenters. The first-order chi connectivity index (χ1) is 13.8. The highest BCUT2D eigenvalue weighted by Gasteiger charge is 2.20. The second-order valence-corrected chi connectivity index (χ2v) is 6.94. The monoisotopic (exact) mass is 387 g/mol. The predicted octanol–water partition coefficient (Wildman–Crippen LogP) is 3.20. The molecule has 0 amide bonds. The third kappa shape index (κ3) is 2.74. The number of nitrogens with zero attached hydrogens (tertiary/aromatic N) is 5. The molecule has 0 saturated carbocycles. The van der Waals surface area contributed by atoms with E-state index >= 15 is 0 Å². The Bertz CT molecular complexity index is 1330. The van der Waals surface area contributed by atoms with Gasteiger partial charge in [-0.15, -0.1) is 15.3 Å². The standard InChI is InChI=1S/C19H13N7OS/c27-18-15-14(12-7-3-1-4-8-12)17(24-23-13-9-5-2-6-10-13)28-16(15)22-19-25-20-11-21-26(18)19/h1-11,23-24H. The molecule has 0 fully saturated rings. The average Bonchev–Trinajstić information content (AvgIpc) is 3.12. The number of hydrazine groups is 1. The van der Waals surface area contributed by atoms with E-state index in [-0.39, 0.29) is 11.3 Å². The first-order valence-corrected chi connectivity index (χ1v) is 9.28. The molecule has 0 aliphatic rings. The molecule has 0 aliphatic carbocycles.